The number of hydrogen-bond acceptors (Lipinski definition) is 16. The Balaban J connectivity index is 1.27. The second kappa shape index (κ2) is 25.2. The zero-order valence-corrected chi connectivity index (χ0v) is 29.4. The molecule has 282 valence electrons. The molecule has 0 aromatic carbocycles. The van der Waals surface area contributed by atoms with Gasteiger partial charge in [0.1, 0.15) is 62.0 Å². The Morgan fingerprint density at radius 1 is 0.438 bits per heavy atom. The van der Waals surface area contributed by atoms with Crippen LogP contribution in [0.25, 0.3) is 0 Å². The zero-order valence-electron chi connectivity index (χ0n) is 27.8. The van der Waals surface area contributed by atoms with Crippen molar-refractivity contribution in [1.82, 2.24) is 0 Å². The number of ether oxygens (including phenoxy) is 4. The van der Waals surface area contributed by atoms with Crippen molar-refractivity contribution in [2.75, 3.05) is 36.2 Å². The van der Waals surface area contributed by atoms with Gasteiger partial charge in [-0.05, 0) is 24.3 Å². The van der Waals surface area contributed by atoms with E-state index < -0.39 is 73.4 Å². The first kappa shape index (κ1) is 43.4. The van der Waals surface area contributed by atoms with E-state index in [2.05, 4.69) is 0 Å². The molecule has 0 radical (unpaired) electrons. The second-order valence-corrected chi connectivity index (χ2v) is 14.9. The van der Waals surface area contributed by atoms with Crippen LogP contribution in [-0.2, 0) is 28.5 Å². The van der Waals surface area contributed by atoms with Crippen molar-refractivity contribution in [3.05, 3.63) is 0 Å². The lowest BCUT2D eigenvalue weighted by atomic mass is 9.99. The maximum Gasteiger partial charge on any atom is 0.306 e. The fourth-order valence-corrected chi connectivity index (χ4v) is 7.17. The van der Waals surface area contributed by atoms with Crippen molar-refractivity contribution in [2.24, 2.45) is 0 Å². The van der Waals surface area contributed by atoms with Crippen molar-refractivity contribution in [2.45, 2.75) is 151 Å². The van der Waals surface area contributed by atoms with Gasteiger partial charge in [0.05, 0.1) is 12.8 Å². The molecule has 2 rings (SSSR count). The summed E-state index contributed by atoms with van der Waals surface area (Å²) in [4.78, 5) is 23.8. The highest BCUT2D eigenvalue weighted by Gasteiger charge is 2.44. The minimum atomic E-state index is -1.65. The summed E-state index contributed by atoms with van der Waals surface area (Å²) in [7, 11) is 0. The number of thioether (sulfide) groups is 2. The topological polar surface area (TPSA) is 233 Å². The number of esters is 2. The Kier molecular flexibility index (Phi) is 22.8. The van der Waals surface area contributed by atoms with Gasteiger partial charge in [-0.3, -0.25) is 9.59 Å². The number of rotatable bonds is 25. The molecule has 2 saturated heterocycles. The standard InChI is InChI=1S/C32H58O14S2/c33-23(43-19-21-25(35)27(37)29(39)31(41)45-21)13-17-47-15-11-9-7-5-3-1-2-4-6-8-10-12-16-48-18-14-24(34)44-20-22-26(36)28(38)30(40)32(42)46-22/h21-22,25-32,35-42H,1-20H2/t21-,22-,25-,26-,27+,28+,29+,30+,31?,32?/m1/s1. The van der Waals surface area contributed by atoms with E-state index in [0.29, 0.717) is 11.5 Å². The number of aliphatic hydroxyl groups is 8. The lowest BCUT2D eigenvalue weighted by Crippen LogP contribution is -2.58. The molecule has 2 aliphatic rings. The first-order chi connectivity index (χ1) is 23.0. The van der Waals surface area contributed by atoms with Crippen LogP contribution in [0.4, 0.5) is 0 Å². The fraction of sp³-hybridized carbons (Fsp3) is 0.938. The van der Waals surface area contributed by atoms with Crippen molar-refractivity contribution >= 4 is 35.5 Å². The third-order valence-electron chi connectivity index (χ3n) is 8.42. The quantitative estimate of drug-likeness (QED) is 0.0475. The van der Waals surface area contributed by atoms with E-state index >= 15 is 0 Å². The monoisotopic (exact) mass is 730 g/mol. The van der Waals surface area contributed by atoms with E-state index in [1.165, 1.54) is 64.2 Å². The summed E-state index contributed by atoms with van der Waals surface area (Å²) in [6.07, 6.45) is 0.160. The van der Waals surface area contributed by atoms with Gasteiger partial charge in [0.2, 0.25) is 0 Å². The number of hydrogen-bond donors (Lipinski definition) is 8. The van der Waals surface area contributed by atoms with Crippen molar-refractivity contribution in [3.8, 4) is 0 Å². The van der Waals surface area contributed by atoms with Gasteiger partial charge < -0.3 is 59.8 Å². The van der Waals surface area contributed by atoms with E-state index in [9.17, 15) is 50.4 Å². The van der Waals surface area contributed by atoms with Gasteiger partial charge in [-0.2, -0.15) is 23.5 Å². The molecule has 0 bridgehead atoms. The van der Waals surface area contributed by atoms with Crippen molar-refractivity contribution < 1.29 is 69.4 Å². The number of unbranched alkanes of at least 4 members (excludes halogenated alkanes) is 11. The molecule has 2 fully saturated rings. The predicted molar refractivity (Wildman–Crippen MR) is 179 cm³/mol. The van der Waals surface area contributed by atoms with Crippen LogP contribution in [0.5, 0.6) is 0 Å². The van der Waals surface area contributed by atoms with Gasteiger partial charge in [-0.1, -0.05) is 64.2 Å². The Morgan fingerprint density at radius 2 is 0.750 bits per heavy atom. The zero-order chi connectivity index (χ0) is 35.3. The summed E-state index contributed by atoms with van der Waals surface area (Å²) in [6.45, 7) is -0.614. The molecule has 0 spiro atoms. The highest BCUT2D eigenvalue weighted by atomic mass is 32.2. The molecule has 10 atom stereocenters. The highest BCUT2D eigenvalue weighted by Crippen LogP contribution is 2.22. The van der Waals surface area contributed by atoms with E-state index in [4.69, 9.17) is 18.9 Å². The third kappa shape index (κ3) is 17.0. The molecule has 14 nitrogen and oxygen atoms in total. The Labute approximate surface area is 291 Å². The predicted octanol–water partition coefficient (Wildman–Crippen LogP) is 0.600. The second-order valence-electron chi connectivity index (χ2n) is 12.4. The summed E-state index contributed by atoms with van der Waals surface area (Å²) in [5.74, 6) is 2.33. The van der Waals surface area contributed by atoms with Crippen LogP contribution in [0.3, 0.4) is 0 Å². The molecule has 0 aromatic heterocycles. The maximum atomic E-state index is 11.9. The normalized spacial score (nSPS) is 30.7. The van der Waals surface area contributed by atoms with Crippen LogP contribution in [0, 0.1) is 0 Å². The Hall–Kier alpha value is -0.760. The molecule has 2 heterocycles. The molecule has 2 unspecified atom stereocenters. The molecule has 0 amide bonds. The first-order valence-electron chi connectivity index (χ1n) is 17.2. The van der Waals surface area contributed by atoms with Gasteiger partial charge in [0.15, 0.2) is 12.6 Å². The molecule has 2 aliphatic heterocycles. The number of carbonyl (C=O) groups excluding carboxylic acids is 2. The van der Waals surface area contributed by atoms with Crippen molar-refractivity contribution in [3.63, 3.8) is 0 Å². The third-order valence-corrected chi connectivity index (χ3v) is 10.6. The van der Waals surface area contributed by atoms with E-state index in [0.717, 1.165) is 24.3 Å². The van der Waals surface area contributed by atoms with Crippen LogP contribution < -0.4 is 0 Å². The molecule has 0 saturated carbocycles. The maximum absolute atomic E-state index is 11.9. The molecule has 0 aliphatic carbocycles. The van der Waals surface area contributed by atoms with Crippen molar-refractivity contribution in [1.29, 1.82) is 0 Å². The highest BCUT2D eigenvalue weighted by molar-refractivity contribution is 7.99. The molecular formula is C32H58O14S2. The summed E-state index contributed by atoms with van der Waals surface area (Å²) >= 11 is 3.39. The average molecular weight is 731 g/mol. The van der Waals surface area contributed by atoms with Gasteiger partial charge in [-0.15, -0.1) is 0 Å². The van der Waals surface area contributed by atoms with Crippen LogP contribution in [0.1, 0.15) is 89.9 Å². The average Bonchev–Trinajstić information content (AvgIpc) is 3.07. The van der Waals surface area contributed by atoms with Gasteiger partial charge in [0, 0.05) is 11.5 Å². The number of aliphatic hydroxyl groups excluding tert-OH is 8. The van der Waals surface area contributed by atoms with E-state index in [1.807, 2.05) is 0 Å². The van der Waals surface area contributed by atoms with Crippen LogP contribution in [0.15, 0.2) is 0 Å². The molecular weight excluding hydrogens is 672 g/mol. The summed E-state index contributed by atoms with van der Waals surface area (Å²) in [6, 6.07) is 0. The molecule has 16 heteroatoms. The van der Waals surface area contributed by atoms with Crippen LogP contribution in [-0.4, -0.2) is 150 Å². The van der Waals surface area contributed by atoms with E-state index in [1.54, 1.807) is 23.5 Å². The largest absolute Gasteiger partial charge is 0.463 e. The summed E-state index contributed by atoms with van der Waals surface area (Å²) in [5.41, 5.74) is 0. The Bertz CT molecular complexity index is 805. The first-order valence-corrected chi connectivity index (χ1v) is 19.6. The SMILES string of the molecule is O=C(CCSCCCCCCCCCCCCCCSCCC(=O)OC[C@H]1OC(O)[C@@H](O)[C@@H](O)[C@@H]1O)OC[C@H]1OC(O)[C@@H](O)[C@@H](O)[C@@H]1O. The minimum absolute atomic E-state index is 0.222. The summed E-state index contributed by atoms with van der Waals surface area (Å²) < 4.78 is 20.1. The lowest BCUT2D eigenvalue weighted by Gasteiger charge is -2.37. The lowest BCUT2D eigenvalue weighted by molar-refractivity contribution is -0.287. The minimum Gasteiger partial charge on any atom is -0.463 e. The smallest absolute Gasteiger partial charge is 0.306 e. The summed E-state index contributed by atoms with van der Waals surface area (Å²) in [5, 5.41) is 77.1. The number of carbonyl (C=O) groups is 2. The van der Waals surface area contributed by atoms with Gasteiger partial charge in [-0.25, -0.2) is 0 Å². The van der Waals surface area contributed by atoms with E-state index in [-0.39, 0.29) is 26.1 Å². The van der Waals surface area contributed by atoms with Crippen LogP contribution >= 0.6 is 23.5 Å². The van der Waals surface area contributed by atoms with Gasteiger partial charge >= 0.3 is 11.9 Å². The fourth-order valence-electron chi connectivity index (χ4n) is 5.32. The molecule has 48 heavy (non-hydrogen) atoms. The molecule has 8 N–H and O–H groups in total. The van der Waals surface area contributed by atoms with Gasteiger partial charge in [0.25, 0.3) is 0 Å². The Morgan fingerprint density at radius 3 is 1.08 bits per heavy atom. The van der Waals surface area contributed by atoms with Crippen LogP contribution in [0.2, 0.25) is 0 Å². The molecule has 0 aromatic rings.